The van der Waals surface area contributed by atoms with Crippen molar-refractivity contribution in [2.75, 3.05) is 5.32 Å². The van der Waals surface area contributed by atoms with Crippen LogP contribution in [0.4, 0.5) is 10.5 Å². The average molecular weight is 238 g/mol. The molecule has 0 radical (unpaired) electrons. The third kappa shape index (κ3) is 8.92. The number of nitrogens with one attached hydrogen (secondary N) is 1. The molecule has 0 heterocycles. The van der Waals surface area contributed by atoms with Crippen molar-refractivity contribution in [1.82, 2.24) is 0 Å². The van der Waals surface area contributed by atoms with Gasteiger partial charge < -0.3 is 10.8 Å². The van der Waals surface area contributed by atoms with Gasteiger partial charge in [-0.25, -0.2) is 4.79 Å². The number of hydrogen-bond acceptors (Lipinski definition) is 2. The summed E-state index contributed by atoms with van der Waals surface area (Å²) in [6.45, 7) is 3.83. The lowest BCUT2D eigenvalue weighted by Gasteiger charge is -1.99. The highest BCUT2D eigenvalue weighted by Crippen LogP contribution is 2.08. The lowest BCUT2D eigenvalue weighted by molar-refractivity contribution is -0.118. The van der Waals surface area contributed by atoms with Gasteiger partial charge in [0, 0.05) is 12.1 Å². The minimum absolute atomic E-state index is 0.211. The maximum atomic E-state index is 10.2. The van der Waals surface area contributed by atoms with E-state index in [4.69, 9.17) is 10.8 Å². The van der Waals surface area contributed by atoms with E-state index in [0.29, 0.717) is 12.1 Å². The molecular formula is C12H18N2O3. The molecule has 0 aliphatic rings. The van der Waals surface area contributed by atoms with Crippen molar-refractivity contribution in [2.24, 2.45) is 5.73 Å². The SMILES string of the molecule is CCCC(N)=O.Cc1cccc(NC(=O)O)c1. The Balaban J connectivity index is 0.000000366. The van der Waals surface area contributed by atoms with Crippen LogP contribution in [0.3, 0.4) is 0 Å². The summed E-state index contributed by atoms with van der Waals surface area (Å²) in [5, 5.41) is 10.6. The van der Waals surface area contributed by atoms with Crippen LogP contribution in [0.25, 0.3) is 0 Å². The number of hydrogen-bond donors (Lipinski definition) is 3. The van der Waals surface area contributed by atoms with Gasteiger partial charge >= 0.3 is 6.09 Å². The summed E-state index contributed by atoms with van der Waals surface area (Å²) >= 11 is 0. The normalized spacial score (nSPS) is 8.82. The molecule has 0 bridgehead atoms. The first kappa shape index (κ1) is 15.0. The molecule has 0 unspecified atom stereocenters. The van der Waals surface area contributed by atoms with Crippen molar-refractivity contribution < 1.29 is 14.7 Å². The van der Waals surface area contributed by atoms with E-state index in [0.717, 1.165) is 12.0 Å². The van der Waals surface area contributed by atoms with Crippen molar-refractivity contribution in [3.8, 4) is 0 Å². The van der Waals surface area contributed by atoms with Crippen LogP contribution >= 0.6 is 0 Å². The standard InChI is InChI=1S/C8H9NO2.C4H9NO/c1-6-3-2-4-7(5-6)9-8(10)11;1-2-3-4(5)6/h2-5,9H,1H3,(H,10,11);2-3H2,1H3,(H2,5,6). The quantitative estimate of drug-likeness (QED) is 0.754. The van der Waals surface area contributed by atoms with Gasteiger partial charge in [0.15, 0.2) is 0 Å². The number of benzene rings is 1. The van der Waals surface area contributed by atoms with E-state index in [-0.39, 0.29) is 5.91 Å². The molecule has 5 nitrogen and oxygen atoms in total. The zero-order chi connectivity index (χ0) is 13.3. The van der Waals surface area contributed by atoms with Gasteiger partial charge in [-0.05, 0) is 31.0 Å². The third-order valence-corrected chi connectivity index (χ3v) is 1.77. The topological polar surface area (TPSA) is 92.4 Å². The zero-order valence-corrected chi connectivity index (χ0v) is 10.1. The lowest BCUT2D eigenvalue weighted by Crippen LogP contribution is -2.08. The summed E-state index contributed by atoms with van der Waals surface area (Å²) < 4.78 is 0. The summed E-state index contributed by atoms with van der Waals surface area (Å²) in [5.41, 5.74) is 6.41. The van der Waals surface area contributed by atoms with Gasteiger partial charge in [-0.3, -0.25) is 10.1 Å². The number of carbonyl (C=O) groups excluding carboxylic acids is 1. The lowest BCUT2D eigenvalue weighted by atomic mass is 10.2. The number of carboxylic acid groups (broad SMARTS) is 1. The first-order valence-electron chi connectivity index (χ1n) is 5.30. The van der Waals surface area contributed by atoms with Crippen LogP contribution in [-0.2, 0) is 4.79 Å². The van der Waals surface area contributed by atoms with Gasteiger partial charge in [0.1, 0.15) is 0 Å². The predicted octanol–water partition coefficient (Wildman–Crippen LogP) is 2.36. The van der Waals surface area contributed by atoms with E-state index in [9.17, 15) is 9.59 Å². The molecule has 94 valence electrons. The highest BCUT2D eigenvalue weighted by atomic mass is 16.4. The van der Waals surface area contributed by atoms with Crippen LogP contribution in [0.15, 0.2) is 24.3 Å². The Bertz CT molecular complexity index is 378. The van der Waals surface area contributed by atoms with E-state index in [1.807, 2.05) is 19.9 Å². The molecule has 1 aromatic rings. The second-order valence-corrected chi connectivity index (χ2v) is 3.52. The van der Waals surface area contributed by atoms with Gasteiger partial charge in [-0.1, -0.05) is 19.1 Å². The Kier molecular flexibility index (Phi) is 7.17. The monoisotopic (exact) mass is 238 g/mol. The molecule has 0 saturated heterocycles. The molecule has 4 N–H and O–H groups in total. The summed E-state index contributed by atoms with van der Waals surface area (Å²) in [4.78, 5) is 20.0. The molecule has 0 saturated carbocycles. The smallest absolute Gasteiger partial charge is 0.409 e. The maximum Gasteiger partial charge on any atom is 0.409 e. The van der Waals surface area contributed by atoms with Crippen molar-refractivity contribution in [1.29, 1.82) is 0 Å². The number of primary amides is 1. The van der Waals surface area contributed by atoms with Crippen LogP contribution in [0.1, 0.15) is 25.3 Å². The van der Waals surface area contributed by atoms with Crippen LogP contribution in [0, 0.1) is 6.92 Å². The highest BCUT2D eigenvalue weighted by Gasteiger charge is 1.95. The van der Waals surface area contributed by atoms with Gasteiger partial charge in [-0.15, -0.1) is 0 Å². The van der Waals surface area contributed by atoms with E-state index >= 15 is 0 Å². The number of carbonyl (C=O) groups is 2. The molecule has 0 aliphatic heterocycles. The maximum absolute atomic E-state index is 10.2. The molecule has 2 amide bonds. The summed E-state index contributed by atoms with van der Waals surface area (Å²) in [6.07, 6.45) is 0.339. The Morgan fingerprint density at radius 1 is 1.41 bits per heavy atom. The van der Waals surface area contributed by atoms with Crippen LogP contribution in [-0.4, -0.2) is 17.1 Å². The molecule has 0 fully saturated rings. The average Bonchev–Trinajstić information content (AvgIpc) is 2.16. The van der Waals surface area contributed by atoms with Gasteiger partial charge in [0.05, 0.1) is 0 Å². The highest BCUT2D eigenvalue weighted by molar-refractivity contribution is 5.82. The molecule has 1 aromatic carbocycles. The molecule has 0 aromatic heterocycles. The van der Waals surface area contributed by atoms with Crippen molar-refractivity contribution in [3.63, 3.8) is 0 Å². The first-order chi connectivity index (χ1) is 7.95. The molecule has 17 heavy (non-hydrogen) atoms. The predicted molar refractivity (Wildman–Crippen MR) is 66.9 cm³/mol. The fourth-order valence-corrected chi connectivity index (χ4v) is 1.09. The Hall–Kier alpha value is -2.04. The molecule has 0 atom stereocenters. The van der Waals surface area contributed by atoms with Gasteiger partial charge in [0.25, 0.3) is 0 Å². The summed E-state index contributed by atoms with van der Waals surface area (Å²) in [7, 11) is 0. The largest absolute Gasteiger partial charge is 0.465 e. The van der Waals surface area contributed by atoms with Crippen molar-refractivity contribution in [3.05, 3.63) is 29.8 Å². The Labute approximate surface area is 101 Å². The molecule has 5 heteroatoms. The molecule has 0 spiro atoms. The second-order valence-electron chi connectivity index (χ2n) is 3.52. The van der Waals surface area contributed by atoms with Crippen LogP contribution < -0.4 is 11.1 Å². The fraction of sp³-hybridized carbons (Fsp3) is 0.333. The van der Waals surface area contributed by atoms with E-state index in [1.54, 1.807) is 18.2 Å². The van der Waals surface area contributed by atoms with Crippen molar-refractivity contribution in [2.45, 2.75) is 26.7 Å². The van der Waals surface area contributed by atoms with E-state index in [1.165, 1.54) is 0 Å². The van der Waals surface area contributed by atoms with Crippen LogP contribution in [0.5, 0.6) is 0 Å². The van der Waals surface area contributed by atoms with Crippen LogP contribution in [0.2, 0.25) is 0 Å². The second kappa shape index (κ2) is 8.15. The Morgan fingerprint density at radius 3 is 2.41 bits per heavy atom. The third-order valence-electron chi connectivity index (χ3n) is 1.77. The van der Waals surface area contributed by atoms with Gasteiger partial charge in [-0.2, -0.15) is 0 Å². The number of aryl methyl sites for hydroxylation is 1. The van der Waals surface area contributed by atoms with Crippen molar-refractivity contribution >= 4 is 17.7 Å². The van der Waals surface area contributed by atoms with E-state index < -0.39 is 6.09 Å². The number of amides is 2. The number of nitrogens with two attached hydrogens (primary N) is 1. The minimum atomic E-state index is -1.03. The summed E-state index contributed by atoms with van der Waals surface area (Å²) in [5.74, 6) is -0.211. The molecular weight excluding hydrogens is 220 g/mol. The fourth-order valence-electron chi connectivity index (χ4n) is 1.09. The van der Waals surface area contributed by atoms with E-state index in [2.05, 4.69) is 5.32 Å². The zero-order valence-electron chi connectivity index (χ0n) is 10.1. The molecule has 0 aliphatic carbocycles. The molecule has 1 rings (SSSR count). The number of anilines is 1. The first-order valence-corrected chi connectivity index (χ1v) is 5.30. The van der Waals surface area contributed by atoms with Gasteiger partial charge in [0.2, 0.25) is 5.91 Å². The Morgan fingerprint density at radius 2 is 2.06 bits per heavy atom. The number of rotatable bonds is 3. The summed E-state index contributed by atoms with van der Waals surface area (Å²) in [6, 6.07) is 7.20. The minimum Gasteiger partial charge on any atom is -0.465 e.